The first kappa shape index (κ1) is 18.3. The molecule has 1 unspecified atom stereocenters. The number of nitrogens with zero attached hydrogens (tertiary/aromatic N) is 1. The van der Waals surface area contributed by atoms with Crippen LogP contribution in [0.3, 0.4) is 0 Å². The molecule has 2 N–H and O–H groups in total. The molecule has 1 aliphatic heterocycles. The molecule has 1 atom stereocenters. The van der Waals surface area contributed by atoms with Gasteiger partial charge in [0.25, 0.3) is 5.91 Å². The Balaban J connectivity index is 0.00000192. The van der Waals surface area contributed by atoms with Crippen LogP contribution in [0.15, 0.2) is 36.4 Å². The summed E-state index contributed by atoms with van der Waals surface area (Å²) in [5, 5.41) is 0.717. The van der Waals surface area contributed by atoms with Crippen LogP contribution in [0, 0.1) is 5.41 Å². The van der Waals surface area contributed by atoms with Gasteiger partial charge in [-0.15, -0.1) is 23.7 Å². The minimum atomic E-state index is 0. The number of carbonyl (C=O) groups excluding carboxylic acids is 1. The van der Waals surface area contributed by atoms with E-state index in [1.807, 2.05) is 41.3 Å². The molecule has 2 aromatic rings. The maximum absolute atomic E-state index is 12.6. The lowest BCUT2D eigenvalue weighted by Gasteiger charge is -2.22. The lowest BCUT2D eigenvalue weighted by molar-refractivity contribution is 0.0781. The standard InChI is InChI=1S/C17H19ClN2OS.ClH/c1-17(10-19)8-9-20(11-17)16(21)15-7-6-14(22-15)12-2-4-13(18)5-3-12;/h2-7H,8-11,19H2,1H3;1H. The van der Waals surface area contributed by atoms with Crippen molar-refractivity contribution in [2.45, 2.75) is 13.3 Å². The smallest absolute Gasteiger partial charge is 0.263 e. The molecule has 0 saturated carbocycles. The number of thiophene rings is 1. The maximum Gasteiger partial charge on any atom is 0.263 e. The van der Waals surface area contributed by atoms with Crippen molar-refractivity contribution < 1.29 is 4.79 Å². The number of benzene rings is 1. The highest BCUT2D eigenvalue weighted by atomic mass is 35.5. The molecule has 3 nitrogen and oxygen atoms in total. The molecule has 0 spiro atoms. The third-order valence-electron chi connectivity index (χ3n) is 4.28. The molecule has 1 aromatic carbocycles. The molecule has 23 heavy (non-hydrogen) atoms. The van der Waals surface area contributed by atoms with Crippen LogP contribution in [0.2, 0.25) is 5.02 Å². The number of hydrogen-bond acceptors (Lipinski definition) is 3. The highest BCUT2D eigenvalue weighted by Crippen LogP contribution is 2.33. The van der Waals surface area contributed by atoms with E-state index in [1.54, 1.807) is 0 Å². The van der Waals surface area contributed by atoms with Crippen LogP contribution in [0.1, 0.15) is 23.0 Å². The van der Waals surface area contributed by atoms with Crippen molar-refractivity contribution in [3.8, 4) is 10.4 Å². The number of nitrogens with two attached hydrogens (primary N) is 1. The Labute approximate surface area is 151 Å². The molecule has 1 aromatic heterocycles. The van der Waals surface area contributed by atoms with Crippen LogP contribution in [-0.2, 0) is 0 Å². The molecule has 1 saturated heterocycles. The van der Waals surface area contributed by atoms with E-state index in [0.717, 1.165) is 39.9 Å². The fourth-order valence-corrected chi connectivity index (χ4v) is 3.85. The Morgan fingerprint density at radius 1 is 1.30 bits per heavy atom. The topological polar surface area (TPSA) is 46.3 Å². The van der Waals surface area contributed by atoms with Crippen LogP contribution in [0.4, 0.5) is 0 Å². The highest BCUT2D eigenvalue weighted by molar-refractivity contribution is 7.17. The zero-order valence-corrected chi connectivity index (χ0v) is 15.3. The van der Waals surface area contributed by atoms with Crippen molar-refractivity contribution in [1.29, 1.82) is 0 Å². The van der Waals surface area contributed by atoms with Crippen molar-refractivity contribution in [2.24, 2.45) is 11.1 Å². The maximum atomic E-state index is 12.6. The third-order valence-corrected chi connectivity index (χ3v) is 5.66. The Morgan fingerprint density at radius 2 is 2.00 bits per heavy atom. The van der Waals surface area contributed by atoms with E-state index in [-0.39, 0.29) is 23.7 Å². The molecule has 0 radical (unpaired) electrons. The van der Waals surface area contributed by atoms with Gasteiger partial charge in [-0.05, 0) is 48.2 Å². The minimum absolute atomic E-state index is 0. The number of carbonyl (C=O) groups is 1. The van der Waals surface area contributed by atoms with Gasteiger partial charge >= 0.3 is 0 Å². The first-order chi connectivity index (χ1) is 10.5. The zero-order valence-electron chi connectivity index (χ0n) is 12.9. The van der Waals surface area contributed by atoms with Gasteiger partial charge in [0, 0.05) is 23.0 Å². The van der Waals surface area contributed by atoms with Gasteiger partial charge in [0.1, 0.15) is 0 Å². The molecular formula is C17H20Cl2N2OS. The van der Waals surface area contributed by atoms with E-state index in [1.165, 1.54) is 11.3 Å². The van der Waals surface area contributed by atoms with E-state index >= 15 is 0 Å². The van der Waals surface area contributed by atoms with Gasteiger partial charge in [0.05, 0.1) is 4.88 Å². The molecule has 3 rings (SSSR count). The van der Waals surface area contributed by atoms with Crippen molar-refractivity contribution in [2.75, 3.05) is 19.6 Å². The third kappa shape index (κ3) is 3.89. The summed E-state index contributed by atoms with van der Waals surface area (Å²) in [6.45, 7) is 4.31. The summed E-state index contributed by atoms with van der Waals surface area (Å²) in [6, 6.07) is 11.6. The average Bonchev–Trinajstić information content (AvgIpc) is 3.15. The first-order valence-electron chi connectivity index (χ1n) is 7.36. The summed E-state index contributed by atoms with van der Waals surface area (Å²) in [6.07, 6.45) is 0.977. The molecule has 1 amide bonds. The molecule has 124 valence electrons. The molecule has 0 aliphatic carbocycles. The second-order valence-electron chi connectivity index (χ2n) is 6.16. The zero-order chi connectivity index (χ0) is 15.7. The van der Waals surface area contributed by atoms with E-state index < -0.39 is 0 Å². The summed E-state index contributed by atoms with van der Waals surface area (Å²) in [5.41, 5.74) is 6.96. The monoisotopic (exact) mass is 370 g/mol. The van der Waals surface area contributed by atoms with Gasteiger partial charge in [0.2, 0.25) is 0 Å². The van der Waals surface area contributed by atoms with Crippen LogP contribution >= 0.6 is 35.3 Å². The average molecular weight is 371 g/mol. The first-order valence-corrected chi connectivity index (χ1v) is 8.55. The second-order valence-corrected chi connectivity index (χ2v) is 7.68. The van der Waals surface area contributed by atoms with Gasteiger partial charge in [-0.1, -0.05) is 30.7 Å². The quantitative estimate of drug-likeness (QED) is 0.874. The molecule has 1 aliphatic rings. The molecular weight excluding hydrogens is 351 g/mol. The van der Waals surface area contributed by atoms with Crippen LogP contribution in [0.5, 0.6) is 0 Å². The molecule has 0 bridgehead atoms. The normalized spacial score (nSPS) is 20.4. The highest BCUT2D eigenvalue weighted by Gasteiger charge is 2.35. The Morgan fingerprint density at radius 3 is 2.61 bits per heavy atom. The number of amides is 1. The summed E-state index contributed by atoms with van der Waals surface area (Å²) in [4.78, 5) is 16.4. The van der Waals surface area contributed by atoms with Crippen molar-refractivity contribution in [3.05, 3.63) is 46.3 Å². The largest absolute Gasteiger partial charge is 0.337 e. The summed E-state index contributed by atoms with van der Waals surface area (Å²) in [7, 11) is 0. The van der Waals surface area contributed by atoms with E-state index in [4.69, 9.17) is 17.3 Å². The number of hydrogen-bond donors (Lipinski definition) is 1. The lowest BCUT2D eigenvalue weighted by Crippen LogP contribution is -2.34. The van der Waals surface area contributed by atoms with Crippen LogP contribution < -0.4 is 5.73 Å². The fraction of sp³-hybridized carbons (Fsp3) is 0.353. The summed E-state index contributed by atoms with van der Waals surface area (Å²) < 4.78 is 0. The van der Waals surface area contributed by atoms with Gasteiger partial charge in [0.15, 0.2) is 0 Å². The van der Waals surface area contributed by atoms with Gasteiger partial charge < -0.3 is 10.6 Å². The molecule has 1 fully saturated rings. The summed E-state index contributed by atoms with van der Waals surface area (Å²) >= 11 is 7.44. The van der Waals surface area contributed by atoms with Gasteiger partial charge in [-0.2, -0.15) is 0 Å². The SMILES string of the molecule is CC1(CN)CCN(C(=O)c2ccc(-c3ccc(Cl)cc3)s2)C1.Cl. The number of likely N-dealkylation sites (tertiary alicyclic amines) is 1. The Hall–Kier alpha value is -1.07. The van der Waals surface area contributed by atoms with E-state index in [0.29, 0.717) is 6.54 Å². The lowest BCUT2D eigenvalue weighted by atomic mass is 9.90. The minimum Gasteiger partial charge on any atom is -0.337 e. The van der Waals surface area contributed by atoms with Gasteiger partial charge in [-0.3, -0.25) is 4.79 Å². The Kier molecular flexibility index (Phi) is 5.74. The molecule has 2 heterocycles. The molecule has 6 heteroatoms. The predicted octanol–water partition coefficient (Wildman–Crippen LogP) is 4.30. The summed E-state index contributed by atoms with van der Waals surface area (Å²) in [5.74, 6) is 0.113. The van der Waals surface area contributed by atoms with Crippen LogP contribution in [-0.4, -0.2) is 30.4 Å². The fourth-order valence-electron chi connectivity index (χ4n) is 2.74. The number of rotatable bonds is 3. The second kappa shape index (κ2) is 7.22. The van der Waals surface area contributed by atoms with E-state index in [9.17, 15) is 4.79 Å². The van der Waals surface area contributed by atoms with Crippen molar-refractivity contribution >= 4 is 41.3 Å². The van der Waals surface area contributed by atoms with Gasteiger partial charge in [-0.25, -0.2) is 0 Å². The van der Waals surface area contributed by atoms with Crippen molar-refractivity contribution in [1.82, 2.24) is 4.90 Å². The van der Waals surface area contributed by atoms with Crippen LogP contribution in [0.25, 0.3) is 10.4 Å². The number of halogens is 2. The van der Waals surface area contributed by atoms with E-state index in [2.05, 4.69) is 6.92 Å². The Bertz CT molecular complexity index is 686. The van der Waals surface area contributed by atoms with Crippen molar-refractivity contribution in [3.63, 3.8) is 0 Å². The predicted molar refractivity (Wildman–Crippen MR) is 99.7 cm³/mol.